The van der Waals surface area contributed by atoms with Crippen LogP contribution < -0.4 is 5.73 Å². The molecule has 0 heterocycles. The van der Waals surface area contributed by atoms with Crippen molar-refractivity contribution in [3.63, 3.8) is 0 Å². The fraction of sp³-hybridized carbons (Fsp3) is 0.417. The summed E-state index contributed by atoms with van der Waals surface area (Å²) in [7, 11) is 0. The van der Waals surface area contributed by atoms with Gasteiger partial charge in [0.15, 0.2) is 5.82 Å². The summed E-state index contributed by atoms with van der Waals surface area (Å²) in [4.78, 5) is 21.0. The number of nitro groups is 1. The summed E-state index contributed by atoms with van der Waals surface area (Å²) in [6.07, 6.45) is -3.95. The molecule has 0 aliphatic rings. The molecule has 0 bridgehead atoms. The number of hydrogen-bond donors (Lipinski definition) is 3. The molecule has 0 saturated carbocycles. The first kappa shape index (κ1) is 16.8. The Kier molecular flexibility index (Phi) is 5.56. The number of esters is 1. The number of nitro benzene ring substituents is 1. The molecule has 21 heavy (non-hydrogen) atoms. The molecule has 0 amide bonds. The Balaban J connectivity index is 3.03. The number of ether oxygens (including phenoxy) is 1. The maximum absolute atomic E-state index is 13.5. The van der Waals surface area contributed by atoms with Crippen LogP contribution in [0.4, 0.5) is 15.8 Å². The Morgan fingerprint density at radius 2 is 2.14 bits per heavy atom. The molecule has 2 atom stereocenters. The molecule has 1 rings (SSSR count). The molecule has 0 aliphatic carbocycles. The zero-order chi connectivity index (χ0) is 16.2. The molecule has 0 spiro atoms. The van der Waals surface area contributed by atoms with Gasteiger partial charge in [0, 0.05) is 11.6 Å². The summed E-state index contributed by atoms with van der Waals surface area (Å²) in [6.45, 7) is 1.66. The Morgan fingerprint density at radius 3 is 2.67 bits per heavy atom. The van der Waals surface area contributed by atoms with E-state index in [0.29, 0.717) is 6.07 Å². The molecule has 9 heteroatoms. The van der Waals surface area contributed by atoms with Gasteiger partial charge in [-0.05, 0) is 6.92 Å². The summed E-state index contributed by atoms with van der Waals surface area (Å²) in [6, 6.07) is 1.45. The Morgan fingerprint density at radius 1 is 1.52 bits per heavy atom. The first-order chi connectivity index (χ1) is 9.77. The topological polar surface area (TPSA) is 136 Å². The number of hydrogen-bond acceptors (Lipinski definition) is 7. The van der Waals surface area contributed by atoms with Crippen molar-refractivity contribution in [1.29, 1.82) is 0 Å². The highest BCUT2D eigenvalue weighted by Gasteiger charge is 2.27. The van der Waals surface area contributed by atoms with E-state index in [9.17, 15) is 29.5 Å². The van der Waals surface area contributed by atoms with Gasteiger partial charge in [-0.15, -0.1) is 0 Å². The molecule has 2 unspecified atom stereocenters. The zero-order valence-corrected chi connectivity index (χ0v) is 11.2. The van der Waals surface area contributed by atoms with Crippen molar-refractivity contribution in [3.05, 3.63) is 33.6 Å². The zero-order valence-electron chi connectivity index (χ0n) is 11.2. The fourth-order valence-electron chi connectivity index (χ4n) is 1.68. The van der Waals surface area contributed by atoms with Crippen LogP contribution >= 0.6 is 0 Å². The number of aliphatic hydroxyl groups excluding tert-OH is 2. The average molecular weight is 302 g/mol. The number of benzene rings is 1. The number of nitrogen functional groups attached to an aromatic ring is 1. The summed E-state index contributed by atoms with van der Waals surface area (Å²) in [5.41, 5.74) is 3.88. The van der Waals surface area contributed by atoms with E-state index in [1.807, 2.05) is 0 Å². The molecule has 1 aromatic carbocycles. The second-order valence-corrected chi connectivity index (χ2v) is 4.21. The van der Waals surface area contributed by atoms with Gasteiger partial charge >= 0.3 is 5.97 Å². The van der Waals surface area contributed by atoms with Gasteiger partial charge in [-0.25, -0.2) is 4.39 Å². The van der Waals surface area contributed by atoms with E-state index >= 15 is 0 Å². The third-order valence-electron chi connectivity index (χ3n) is 2.72. The van der Waals surface area contributed by atoms with Gasteiger partial charge in [0.25, 0.3) is 5.69 Å². The summed E-state index contributed by atoms with van der Waals surface area (Å²) < 4.78 is 18.1. The van der Waals surface area contributed by atoms with Crippen LogP contribution in [0.25, 0.3) is 0 Å². The molecule has 1 aromatic rings. The molecule has 116 valence electrons. The largest absolute Gasteiger partial charge is 0.466 e. The van der Waals surface area contributed by atoms with Crippen molar-refractivity contribution in [2.75, 3.05) is 12.3 Å². The van der Waals surface area contributed by atoms with E-state index in [0.717, 1.165) is 6.07 Å². The van der Waals surface area contributed by atoms with Crippen LogP contribution in [0.2, 0.25) is 0 Å². The van der Waals surface area contributed by atoms with Crippen molar-refractivity contribution in [3.8, 4) is 0 Å². The van der Waals surface area contributed by atoms with Gasteiger partial charge in [-0.2, -0.15) is 0 Å². The molecule has 8 nitrogen and oxygen atoms in total. The molecule has 0 aliphatic heterocycles. The highest BCUT2D eigenvalue weighted by atomic mass is 19.1. The molecule has 0 saturated heterocycles. The van der Waals surface area contributed by atoms with Crippen LogP contribution in [-0.2, 0) is 9.53 Å². The lowest BCUT2D eigenvalue weighted by Gasteiger charge is -2.19. The molecule has 0 fully saturated rings. The van der Waals surface area contributed by atoms with Gasteiger partial charge in [0.05, 0.1) is 35.8 Å². The molecule has 4 N–H and O–H groups in total. The number of carbonyl (C=O) groups excluding carboxylic acids is 1. The van der Waals surface area contributed by atoms with E-state index in [1.165, 1.54) is 0 Å². The van der Waals surface area contributed by atoms with Crippen molar-refractivity contribution in [2.45, 2.75) is 25.6 Å². The maximum Gasteiger partial charge on any atom is 0.308 e. The van der Waals surface area contributed by atoms with Crippen LogP contribution in [0, 0.1) is 15.9 Å². The summed E-state index contributed by atoms with van der Waals surface area (Å²) in [5, 5.41) is 30.3. The second kappa shape index (κ2) is 6.95. The minimum atomic E-state index is -1.76. The number of halogens is 1. The first-order valence-corrected chi connectivity index (χ1v) is 6.03. The van der Waals surface area contributed by atoms with Gasteiger partial charge in [0.2, 0.25) is 0 Å². The van der Waals surface area contributed by atoms with E-state index in [4.69, 9.17) is 5.73 Å². The predicted octanol–water partition coefficient (Wildman–Crippen LogP) is 0.664. The fourth-order valence-corrected chi connectivity index (χ4v) is 1.68. The maximum atomic E-state index is 13.5. The van der Waals surface area contributed by atoms with Gasteiger partial charge < -0.3 is 20.7 Å². The van der Waals surface area contributed by atoms with Crippen LogP contribution in [0.3, 0.4) is 0 Å². The van der Waals surface area contributed by atoms with Crippen molar-refractivity contribution in [1.82, 2.24) is 0 Å². The number of aliphatic hydroxyl groups is 2. The number of anilines is 1. The summed E-state index contributed by atoms with van der Waals surface area (Å²) in [5.74, 6) is -1.87. The minimum Gasteiger partial charge on any atom is -0.466 e. The lowest BCUT2D eigenvalue weighted by molar-refractivity contribution is -0.385. The second-order valence-electron chi connectivity index (χ2n) is 4.21. The van der Waals surface area contributed by atoms with Crippen LogP contribution in [0.1, 0.15) is 25.0 Å². The lowest BCUT2D eigenvalue weighted by atomic mass is 9.99. The van der Waals surface area contributed by atoms with Gasteiger partial charge in [-0.1, -0.05) is 0 Å². The SMILES string of the molecule is CCOC(=O)CC(O)C(O)c1cc([N+](=O)[O-])cc(F)c1N. The molecular weight excluding hydrogens is 287 g/mol. The third kappa shape index (κ3) is 4.10. The van der Waals surface area contributed by atoms with Crippen LogP contribution in [0.15, 0.2) is 12.1 Å². The van der Waals surface area contributed by atoms with Crippen molar-refractivity contribution >= 4 is 17.3 Å². The van der Waals surface area contributed by atoms with Crippen LogP contribution in [-0.4, -0.2) is 33.8 Å². The monoisotopic (exact) mass is 302 g/mol. The summed E-state index contributed by atoms with van der Waals surface area (Å²) >= 11 is 0. The van der Waals surface area contributed by atoms with E-state index in [-0.39, 0.29) is 12.2 Å². The van der Waals surface area contributed by atoms with E-state index in [1.54, 1.807) is 6.92 Å². The minimum absolute atomic E-state index is 0.0925. The number of carbonyl (C=O) groups is 1. The number of rotatable bonds is 6. The quantitative estimate of drug-likeness (QED) is 0.304. The highest BCUT2D eigenvalue weighted by molar-refractivity contribution is 5.70. The molecule has 0 radical (unpaired) electrons. The first-order valence-electron chi connectivity index (χ1n) is 6.03. The highest BCUT2D eigenvalue weighted by Crippen LogP contribution is 2.31. The van der Waals surface area contributed by atoms with Crippen molar-refractivity contribution < 1.29 is 29.1 Å². The average Bonchev–Trinajstić information content (AvgIpc) is 2.40. The number of non-ortho nitro benzene ring substituents is 1. The van der Waals surface area contributed by atoms with E-state index < -0.39 is 46.7 Å². The lowest BCUT2D eigenvalue weighted by Crippen LogP contribution is -2.24. The van der Waals surface area contributed by atoms with E-state index in [2.05, 4.69) is 4.74 Å². The number of nitrogens with two attached hydrogens (primary N) is 1. The third-order valence-corrected chi connectivity index (χ3v) is 2.72. The Labute approximate surface area is 119 Å². The van der Waals surface area contributed by atoms with Crippen LogP contribution in [0.5, 0.6) is 0 Å². The Bertz CT molecular complexity index is 551. The molecular formula is C12H15FN2O6. The van der Waals surface area contributed by atoms with Gasteiger partial charge in [0.1, 0.15) is 6.10 Å². The Hall–Kier alpha value is -2.26. The number of nitrogens with zero attached hydrogens (tertiary/aromatic N) is 1. The predicted molar refractivity (Wildman–Crippen MR) is 69.7 cm³/mol. The van der Waals surface area contributed by atoms with Gasteiger partial charge in [-0.3, -0.25) is 14.9 Å². The normalized spacial score (nSPS) is 13.5. The standard InChI is InChI=1S/C12H15FN2O6/c1-2-21-10(17)5-9(16)12(18)7-3-6(15(19)20)4-8(13)11(7)14/h3-4,9,12,16,18H,2,5,14H2,1H3. The molecule has 0 aromatic heterocycles. The smallest absolute Gasteiger partial charge is 0.308 e. The van der Waals surface area contributed by atoms with Crippen molar-refractivity contribution in [2.24, 2.45) is 0 Å².